The van der Waals surface area contributed by atoms with Crippen LogP contribution in [0.3, 0.4) is 0 Å². The minimum atomic E-state index is -0.240. The summed E-state index contributed by atoms with van der Waals surface area (Å²) in [7, 11) is 1.67. The molecule has 4 N–H and O–H groups in total. The Morgan fingerprint density at radius 2 is 1.93 bits per heavy atom. The molecule has 1 aromatic heterocycles. The number of benzene rings is 2. The van der Waals surface area contributed by atoms with Gasteiger partial charge in [-0.3, -0.25) is 4.79 Å². The average Bonchev–Trinajstić information content (AvgIpc) is 3.43. The molecule has 2 aromatic carbocycles. The quantitative estimate of drug-likeness (QED) is 0.410. The number of para-hydroxylation sites is 3. The van der Waals surface area contributed by atoms with Crippen molar-refractivity contribution in [3.63, 3.8) is 0 Å². The van der Waals surface area contributed by atoms with Crippen LogP contribution in [0.5, 0.6) is 5.75 Å². The first-order valence-corrected chi connectivity index (χ1v) is 10.6. The van der Waals surface area contributed by atoms with Crippen LogP contribution >= 0.6 is 0 Å². The van der Waals surface area contributed by atoms with Gasteiger partial charge in [0.1, 0.15) is 17.6 Å². The molecule has 1 aliphatic heterocycles. The lowest BCUT2D eigenvalue weighted by molar-refractivity contribution is -0.122. The third-order valence-electron chi connectivity index (χ3n) is 5.56. The Hall–Kier alpha value is -2.90. The molecule has 30 heavy (non-hydrogen) atoms. The van der Waals surface area contributed by atoms with E-state index in [0.717, 1.165) is 53.9 Å². The molecule has 2 heterocycles. The Morgan fingerprint density at radius 3 is 2.80 bits per heavy atom. The number of hydrogen-bond donors (Lipinski definition) is 4. The second kappa shape index (κ2) is 9.73. The Bertz CT molecular complexity index is 953. The summed E-state index contributed by atoms with van der Waals surface area (Å²) in [5, 5.41) is 3.05. The van der Waals surface area contributed by atoms with E-state index >= 15 is 0 Å². The van der Waals surface area contributed by atoms with Crippen LogP contribution in [0.4, 0.5) is 0 Å². The highest BCUT2D eigenvalue weighted by Gasteiger charge is 2.31. The van der Waals surface area contributed by atoms with Gasteiger partial charge in [-0.25, -0.2) is 15.8 Å². The van der Waals surface area contributed by atoms with E-state index in [0.29, 0.717) is 13.0 Å². The fraction of sp³-hybridized carbons (Fsp3) is 0.391. The minimum absolute atomic E-state index is 0.0391. The molecule has 0 bridgehead atoms. The number of aromatic nitrogens is 2. The number of carbonyl (C=O) groups is 1. The second-order valence-electron chi connectivity index (χ2n) is 7.67. The van der Waals surface area contributed by atoms with Crippen molar-refractivity contribution in [2.75, 3.05) is 13.7 Å². The summed E-state index contributed by atoms with van der Waals surface area (Å²) in [6.07, 6.45) is 4.68. The van der Waals surface area contributed by atoms with E-state index in [-0.39, 0.29) is 18.0 Å². The van der Waals surface area contributed by atoms with Gasteiger partial charge in [0, 0.05) is 18.5 Å². The molecule has 7 heteroatoms. The van der Waals surface area contributed by atoms with Crippen LogP contribution in [0.2, 0.25) is 0 Å². The van der Waals surface area contributed by atoms with Gasteiger partial charge >= 0.3 is 0 Å². The summed E-state index contributed by atoms with van der Waals surface area (Å²) in [4.78, 5) is 20.4. The van der Waals surface area contributed by atoms with Crippen LogP contribution in [0.1, 0.15) is 43.1 Å². The van der Waals surface area contributed by atoms with Crippen molar-refractivity contribution < 1.29 is 9.53 Å². The summed E-state index contributed by atoms with van der Waals surface area (Å²) in [6.45, 7) is 0.691. The van der Waals surface area contributed by atoms with Gasteiger partial charge in [0.05, 0.1) is 24.2 Å². The third-order valence-corrected chi connectivity index (χ3v) is 5.56. The first-order valence-electron chi connectivity index (χ1n) is 10.6. The molecule has 2 unspecified atom stereocenters. The molecule has 1 aliphatic rings. The number of aryl methyl sites for hydroxylation is 1. The number of amides is 1. The lowest BCUT2D eigenvalue weighted by Gasteiger charge is -2.14. The number of nitrogens with zero attached hydrogens (tertiary/aromatic N) is 1. The normalized spacial score (nSPS) is 18.6. The standard InChI is InChI=1S/C23H29N5O2/c1-30-21-12-7-4-9-16(21)19-15-20(28-27-19)23(29)24-14-8-2-3-13-22-25-17-10-5-6-11-18(17)26-22/h4-7,9-12,19-20,27-28H,2-3,8,13-15H2,1H3,(H,24,29)(H,25,26). The predicted molar refractivity (Wildman–Crippen MR) is 117 cm³/mol. The van der Waals surface area contributed by atoms with Crippen LogP contribution in [0, 0.1) is 0 Å². The van der Waals surface area contributed by atoms with Crippen LogP contribution in [-0.4, -0.2) is 35.6 Å². The summed E-state index contributed by atoms with van der Waals surface area (Å²) >= 11 is 0. The molecule has 3 aromatic rings. The maximum absolute atomic E-state index is 12.5. The number of methoxy groups -OCH3 is 1. The van der Waals surface area contributed by atoms with Gasteiger partial charge in [-0.05, 0) is 37.5 Å². The van der Waals surface area contributed by atoms with Gasteiger partial charge in [-0.2, -0.15) is 0 Å². The van der Waals surface area contributed by atoms with Gasteiger partial charge in [0.25, 0.3) is 0 Å². The lowest BCUT2D eigenvalue weighted by Crippen LogP contribution is -2.43. The van der Waals surface area contributed by atoms with Crippen molar-refractivity contribution in [1.29, 1.82) is 0 Å². The number of nitrogens with one attached hydrogen (secondary N) is 4. The molecule has 4 rings (SSSR count). The van der Waals surface area contributed by atoms with Crippen molar-refractivity contribution in [1.82, 2.24) is 26.1 Å². The van der Waals surface area contributed by atoms with Crippen LogP contribution in [0.15, 0.2) is 48.5 Å². The number of unbranched alkanes of at least 4 members (excludes halogenated alkanes) is 2. The maximum atomic E-state index is 12.5. The zero-order valence-corrected chi connectivity index (χ0v) is 17.3. The van der Waals surface area contributed by atoms with E-state index in [1.807, 2.05) is 48.5 Å². The molecule has 0 spiro atoms. The molecule has 0 saturated carbocycles. The van der Waals surface area contributed by atoms with E-state index in [1.165, 1.54) is 0 Å². The first-order chi connectivity index (χ1) is 14.7. The number of ether oxygens (including phenoxy) is 1. The third kappa shape index (κ3) is 4.80. The van der Waals surface area contributed by atoms with Gasteiger partial charge in [-0.15, -0.1) is 0 Å². The zero-order valence-electron chi connectivity index (χ0n) is 17.3. The molecule has 1 fully saturated rings. The summed E-state index contributed by atoms with van der Waals surface area (Å²) < 4.78 is 5.43. The molecule has 1 saturated heterocycles. The number of hydrazine groups is 1. The SMILES string of the molecule is COc1ccccc1C1CC(C(=O)NCCCCCc2nc3ccccc3[nH]2)NN1. The largest absolute Gasteiger partial charge is 0.496 e. The Kier molecular flexibility index (Phi) is 6.61. The summed E-state index contributed by atoms with van der Waals surface area (Å²) in [5.41, 5.74) is 9.50. The van der Waals surface area contributed by atoms with Crippen molar-refractivity contribution in [3.05, 3.63) is 59.9 Å². The monoisotopic (exact) mass is 407 g/mol. The smallest absolute Gasteiger partial charge is 0.238 e. The van der Waals surface area contributed by atoms with E-state index < -0.39 is 0 Å². The number of imidazole rings is 1. The van der Waals surface area contributed by atoms with E-state index in [4.69, 9.17) is 4.74 Å². The molecule has 2 atom stereocenters. The predicted octanol–water partition coefficient (Wildman–Crippen LogP) is 3.01. The maximum Gasteiger partial charge on any atom is 0.238 e. The Morgan fingerprint density at radius 1 is 1.10 bits per heavy atom. The molecule has 0 aliphatic carbocycles. The van der Waals surface area contributed by atoms with Crippen molar-refractivity contribution in [3.8, 4) is 5.75 Å². The lowest BCUT2D eigenvalue weighted by atomic mass is 10.0. The number of fused-ring (bicyclic) bond motifs is 1. The fourth-order valence-corrected chi connectivity index (χ4v) is 3.94. The highest BCUT2D eigenvalue weighted by Crippen LogP contribution is 2.29. The highest BCUT2D eigenvalue weighted by molar-refractivity contribution is 5.82. The number of carbonyl (C=O) groups excluding carboxylic acids is 1. The van der Waals surface area contributed by atoms with Crippen molar-refractivity contribution in [2.24, 2.45) is 0 Å². The molecular weight excluding hydrogens is 378 g/mol. The summed E-state index contributed by atoms with van der Waals surface area (Å²) in [5.74, 6) is 1.91. The molecule has 158 valence electrons. The van der Waals surface area contributed by atoms with Gasteiger partial charge in [-0.1, -0.05) is 36.8 Å². The van der Waals surface area contributed by atoms with E-state index in [9.17, 15) is 4.79 Å². The second-order valence-corrected chi connectivity index (χ2v) is 7.67. The molecular formula is C23H29N5O2. The Labute approximate surface area is 176 Å². The molecule has 0 radical (unpaired) electrons. The average molecular weight is 408 g/mol. The van der Waals surface area contributed by atoms with Crippen molar-refractivity contribution >= 4 is 16.9 Å². The molecule has 7 nitrogen and oxygen atoms in total. The molecule has 1 amide bonds. The minimum Gasteiger partial charge on any atom is -0.496 e. The van der Waals surface area contributed by atoms with Gasteiger partial charge in [0.2, 0.25) is 5.91 Å². The number of aromatic amines is 1. The van der Waals surface area contributed by atoms with Crippen LogP contribution < -0.4 is 20.9 Å². The highest BCUT2D eigenvalue weighted by atomic mass is 16.5. The Balaban J connectivity index is 1.15. The van der Waals surface area contributed by atoms with Crippen LogP contribution in [-0.2, 0) is 11.2 Å². The van der Waals surface area contributed by atoms with Crippen LogP contribution in [0.25, 0.3) is 11.0 Å². The van der Waals surface area contributed by atoms with Crippen molar-refractivity contribution in [2.45, 2.75) is 44.2 Å². The fourth-order valence-electron chi connectivity index (χ4n) is 3.94. The first kappa shape index (κ1) is 20.4. The number of hydrogen-bond acceptors (Lipinski definition) is 5. The topological polar surface area (TPSA) is 91.1 Å². The number of H-pyrrole nitrogens is 1. The van der Waals surface area contributed by atoms with Gasteiger partial charge in [0.15, 0.2) is 0 Å². The van der Waals surface area contributed by atoms with E-state index in [2.05, 4.69) is 26.1 Å². The van der Waals surface area contributed by atoms with E-state index in [1.54, 1.807) is 7.11 Å². The number of rotatable bonds is 9. The zero-order chi connectivity index (χ0) is 20.8. The summed E-state index contributed by atoms with van der Waals surface area (Å²) in [6, 6.07) is 15.8. The van der Waals surface area contributed by atoms with Gasteiger partial charge < -0.3 is 15.0 Å².